The SMILES string of the molecule is COc1ccc(F)cc1C(c1ccc(C)cn1)N1CCCC(C(=O)O)C1. The van der Waals surface area contributed by atoms with Crippen LogP contribution in [0.5, 0.6) is 5.75 Å². The van der Waals surface area contributed by atoms with Crippen LogP contribution in [0.4, 0.5) is 4.39 Å². The van der Waals surface area contributed by atoms with Gasteiger partial charge in [0.1, 0.15) is 11.6 Å². The molecule has 1 aromatic carbocycles. The van der Waals surface area contributed by atoms with E-state index < -0.39 is 11.9 Å². The fourth-order valence-corrected chi connectivity index (χ4v) is 3.55. The van der Waals surface area contributed by atoms with Crippen LogP contribution in [0.2, 0.25) is 0 Å². The van der Waals surface area contributed by atoms with Crippen LogP contribution < -0.4 is 4.74 Å². The Hall–Kier alpha value is -2.47. The van der Waals surface area contributed by atoms with E-state index in [0.717, 1.165) is 24.2 Å². The second-order valence-electron chi connectivity index (χ2n) is 6.72. The minimum Gasteiger partial charge on any atom is -0.496 e. The van der Waals surface area contributed by atoms with Gasteiger partial charge in [-0.25, -0.2) is 4.39 Å². The summed E-state index contributed by atoms with van der Waals surface area (Å²) in [5.41, 5.74) is 2.45. The van der Waals surface area contributed by atoms with Gasteiger partial charge < -0.3 is 9.84 Å². The first-order valence-corrected chi connectivity index (χ1v) is 8.72. The van der Waals surface area contributed by atoms with E-state index >= 15 is 0 Å². The molecule has 2 aromatic rings. The molecular weight excluding hydrogens is 335 g/mol. The van der Waals surface area contributed by atoms with Gasteiger partial charge in [0.05, 0.1) is 24.8 Å². The Morgan fingerprint density at radius 1 is 1.38 bits per heavy atom. The zero-order valence-electron chi connectivity index (χ0n) is 15.0. The summed E-state index contributed by atoms with van der Waals surface area (Å²) < 4.78 is 19.5. The molecule has 26 heavy (non-hydrogen) atoms. The Bertz CT molecular complexity index is 779. The number of likely N-dealkylation sites (tertiary alicyclic amines) is 1. The maximum atomic E-state index is 14.0. The molecule has 1 saturated heterocycles. The minimum atomic E-state index is -0.795. The summed E-state index contributed by atoms with van der Waals surface area (Å²) in [6, 6.07) is 7.93. The van der Waals surface area contributed by atoms with E-state index in [2.05, 4.69) is 9.88 Å². The summed E-state index contributed by atoms with van der Waals surface area (Å²) in [5, 5.41) is 9.43. The van der Waals surface area contributed by atoms with Crippen LogP contribution >= 0.6 is 0 Å². The lowest BCUT2D eigenvalue weighted by atomic mass is 9.92. The quantitative estimate of drug-likeness (QED) is 0.887. The van der Waals surface area contributed by atoms with Gasteiger partial charge in [-0.2, -0.15) is 0 Å². The lowest BCUT2D eigenvalue weighted by Crippen LogP contribution is -2.41. The number of piperidine rings is 1. The monoisotopic (exact) mass is 358 g/mol. The van der Waals surface area contributed by atoms with Crippen LogP contribution in [0.3, 0.4) is 0 Å². The van der Waals surface area contributed by atoms with Gasteiger partial charge in [-0.3, -0.25) is 14.7 Å². The van der Waals surface area contributed by atoms with E-state index in [9.17, 15) is 14.3 Å². The molecule has 2 unspecified atom stereocenters. The predicted molar refractivity (Wildman–Crippen MR) is 95.7 cm³/mol. The van der Waals surface area contributed by atoms with Crippen molar-refractivity contribution < 1.29 is 19.0 Å². The van der Waals surface area contributed by atoms with Crippen molar-refractivity contribution in [2.75, 3.05) is 20.2 Å². The molecule has 1 N–H and O–H groups in total. The maximum Gasteiger partial charge on any atom is 0.307 e. The molecule has 138 valence electrons. The zero-order chi connectivity index (χ0) is 18.7. The lowest BCUT2D eigenvalue weighted by Gasteiger charge is -2.37. The molecule has 0 radical (unpaired) electrons. The maximum absolute atomic E-state index is 14.0. The number of carbonyl (C=O) groups is 1. The number of benzene rings is 1. The number of aliphatic carboxylic acids is 1. The molecule has 0 saturated carbocycles. The number of aryl methyl sites for hydroxylation is 1. The number of methoxy groups -OCH3 is 1. The summed E-state index contributed by atoms with van der Waals surface area (Å²) in [7, 11) is 1.55. The first-order chi connectivity index (χ1) is 12.5. The van der Waals surface area contributed by atoms with Gasteiger partial charge in [-0.15, -0.1) is 0 Å². The van der Waals surface area contributed by atoms with Crippen LogP contribution in [0.25, 0.3) is 0 Å². The third-order valence-corrected chi connectivity index (χ3v) is 4.87. The number of hydrogen-bond acceptors (Lipinski definition) is 4. The molecule has 1 aliphatic rings. The zero-order valence-corrected chi connectivity index (χ0v) is 15.0. The molecule has 2 heterocycles. The van der Waals surface area contributed by atoms with Crippen molar-refractivity contribution in [3.8, 4) is 5.75 Å². The average molecular weight is 358 g/mol. The van der Waals surface area contributed by atoms with Gasteiger partial charge >= 0.3 is 5.97 Å². The Balaban J connectivity index is 2.06. The molecule has 0 bridgehead atoms. The molecule has 5 nitrogen and oxygen atoms in total. The van der Waals surface area contributed by atoms with Gasteiger partial charge in [-0.1, -0.05) is 6.07 Å². The summed E-state index contributed by atoms with van der Waals surface area (Å²) in [4.78, 5) is 18.1. The fraction of sp³-hybridized carbons (Fsp3) is 0.400. The van der Waals surface area contributed by atoms with E-state index in [0.29, 0.717) is 24.3 Å². The van der Waals surface area contributed by atoms with Crippen molar-refractivity contribution in [1.29, 1.82) is 0 Å². The van der Waals surface area contributed by atoms with E-state index in [1.54, 1.807) is 19.4 Å². The average Bonchev–Trinajstić information content (AvgIpc) is 2.64. The van der Waals surface area contributed by atoms with Crippen LogP contribution in [-0.2, 0) is 4.79 Å². The smallest absolute Gasteiger partial charge is 0.307 e. The molecule has 0 amide bonds. The van der Waals surface area contributed by atoms with Crippen molar-refractivity contribution in [3.63, 3.8) is 0 Å². The molecule has 0 spiro atoms. The first-order valence-electron chi connectivity index (χ1n) is 8.72. The Morgan fingerprint density at radius 3 is 2.85 bits per heavy atom. The normalized spacial score (nSPS) is 19.1. The molecule has 2 atom stereocenters. The number of hydrogen-bond donors (Lipinski definition) is 1. The van der Waals surface area contributed by atoms with E-state index in [1.165, 1.54) is 12.1 Å². The summed E-state index contributed by atoms with van der Waals surface area (Å²) in [5.74, 6) is -1.02. The number of rotatable bonds is 5. The third kappa shape index (κ3) is 3.85. The molecule has 1 aromatic heterocycles. The fourth-order valence-electron chi connectivity index (χ4n) is 3.55. The van der Waals surface area contributed by atoms with Crippen molar-refractivity contribution >= 4 is 5.97 Å². The van der Waals surface area contributed by atoms with Gasteiger partial charge in [0.25, 0.3) is 0 Å². The molecule has 0 aliphatic carbocycles. The minimum absolute atomic E-state index is 0.357. The second-order valence-corrected chi connectivity index (χ2v) is 6.72. The molecule has 1 aliphatic heterocycles. The van der Waals surface area contributed by atoms with Gasteiger partial charge in [0, 0.05) is 18.3 Å². The van der Waals surface area contributed by atoms with Crippen LogP contribution in [0.1, 0.15) is 35.7 Å². The Morgan fingerprint density at radius 2 is 2.19 bits per heavy atom. The Kier molecular flexibility index (Phi) is 5.52. The number of halogens is 1. The summed E-state index contributed by atoms with van der Waals surface area (Å²) in [6.45, 7) is 3.08. The highest BCUT2D eigenvalue weighted by Gasteiger charge is 2.33. The Labute approximate surface area is 152 Å². The number of carboxylic acids is 1. The lowest BCUT2D eigenvalue weighted by molar-refractivity contribution is -0.143. The number of aromatic nitrogens is 1. The summed E-state index contributed by atoms with van der Waals surface area (Å²) in [6.07, 6.45) is 3.20. The van der Waals surface area contributed by atoms with Crippen molar-refractivity contribution in [1.82, 2.24) is 9.88 Å². The molecule has 6 heteroatoms. The number of ether oxygens (including phenoxy) is 1. The number of pyridine rings is 1. The van der Waals surface area contributed by atoms with Crippen LogP contribution in [0.15, 0.2) is 36.5 Å². The van der Waals surface area contributed by atoms with Gasteiger partial charge in [0.15, 0.2) is 0 Å². The van der Waals surface area contributed by atoms with Gasteiger partial charge in [0.2, 0.25) is 0 Å². The van der Waals surface area contributed by atoms with Crippen molar-refractivity contribution in [2.24, 2.45) is 5.92 Å². The highest BCUT2D eigenvalue weighted by atomic mass is 19.1. The van der Waals surface area contributed by atoms with Crippen molar-refractivity contribution in [3.05, 3.63) is 59.2 Å². The van der Waals surface area contributed by atoms with Crippen molar-refractivity contribution in [2.45, 2.75) is 25.8 Å². The number of nitrogens with zero attached hydrogens (tertiary/aromatic N) is 2. The molecular formula is C20H23FN2O3. The van der Waals surface area contributed by atoms with E-state index in [-0.39, 0.29) is 11.9 Å². The number of carboxylic acid groups (broad SMARTS) is 1. The topological polar surface area (TPSA) is 62.7 Å². The van der Waals surface area contributed by atoms with Crippen LogP contribution in [-0.4, -0.2) is 41.2 Å². The predicted octanol–water partition coefficient (Wildman–Crippen LogP) is 3.42. The standard InChI is InChI=1S/C20H23FN2O3/c1-13-5-7-17(22-11-13)19(16-10-15(21)6-8-18(16)26-2)23-9-3-4-14(12-23)20(24)25/h5-8,10-11,14,19H,3-4,9,12H2,1-2H3,(H,24,25). The largest absolute Gasteiger partial charge is 0.496 e. The molecule has 3 rings (SSSR count). The van der Waals surface area contributed by atoms with E-state index in [4.69, 9.17) is 4.74 Å². The highest BCUT2D eigenvalue weighted by molar-refractivity contribution is 5.70. The van der Waals surface area contributed by atoms with Gasteiger partial charge in [-0.05, 0) is 56.1 Å². The second kappa shape index (κ2) is 7.83. The molecule has 1 fully saturated rings. The van der Waals surface area contributed by atoms with E-state index in [1.807, 2.05) is 19.1 Å². The summed E-state index contributed by atoms with van der Waals surface area (Å²) >= 11 is 0. The van der Waals surface area contributed by atoms with Crippen LogP contribution in [0, 0.1) is 18.7 Å². The highest BCUT2D eigenvalue weighted by Crippen LogP contribution is 2.36. The first kappa shape index (κ1) is 18.3. The third-order valence-electron chi connectivity index (χ3n) is 4.87.